The van der Waals surface area contributed by atoms with Crippen molar-refractivity contribution in [1.29, 1.82) is 0 Å². The van der Waals surface area contributed by atoms with Crippen molar-refractivity contribution in [1.82, 2.24) is 0 Å². The molecule has 1 aromatic rings. The van der Waals surface area contributed by atoms with Crippen LogP contribution in [-0.2, 0) is 11.2 Å². The monoisotopic (exact) mass is 269 g/mol. The van der Waals surface area contributed by atoms with Crippen molar-refractivity contribution < 1.29 is 9.18 Å². The Hall–Kier alpha value is -1.16. The van der Waals surface area contributed by atoms with Gasteiger partial charge in [-0.2, -0.15) is 0 Å². The molecule has 0 saturated carbocycles. The highest BCUT2D eigenvalue weighted by Gasteiger charge is 2.25. The topological polar surface area (TPSA) is 43.1 Å². The highest BCUT2D eigenvalue weighted by molar-refractivity contribution is 9.09. The van der Waals surface area contributed by atoms with Gasteiger partial charge in [-0.25, -0.2) is 4.39 Å². The number of primary amides is 1. The number of benzene rings is 1. The number of amides is 1. The lowest BCUT2D eigenvalue weighted by Crippen LogP contribution is -2.08. The third-order valence-corrected chi connectivity index (χ3v) is 3.23. The molecule has 0 aromatic heterocycles. The van der Waals surface area contributed by atoms with Crippen LogP contribution in [0, 0.1) is 5.82 Å². The zero-order valence-electron chi connectivity index (χ0n) is 7.84. The number of halogens is 2. The summed E-state index contributed by atoms with van der Waals surface area (Å²) in [5.74, 6) is -0.808. The summed E-state index contributed by atoms with van der Waals surface area (Å²) in [6.45, 7) is 0. The molecule has 0 spiro atoms. The predicted octanol–water partition coefficient (Wildman–Crippen LogP) is 2.01. The molecule has 0 fully saturated rings. The summed E-state index contributed by atoms with van der Waals surface area (Å²) in [7, 11) is 0. The third-order valence-electron chi connectivity index (χ3n) is 2.42. The van der Waals surface area contributed by atoms with Gasteiger partial charge in [-0.05, 0) is 35.3 Å². The summed E-state index contributed by atoms with van der Waals surface area (Å²) in [5, 5.41) is 0. The number of hydrogen-bond acceptors (Lipinski definition) is 1. The normalized spacial score (nSPS) is 21.7. The summed E-state index contributed by atoms with van der Waals surface area (Å²) >= 11 is 3.44. The molecule has 0 heterocycles. The van der Waals surface area contributed by atoms with Crippen LogP contribution < -0.4 is 5.73 Å². The molecule has 1 amide bonds. The molecule has 1 aliphatic rings. The number of rotatable bonds is 1. The molecule has 2 nitrogen and oxygen atoms in total. The average Bonchev–Trinajstić information content (AvgIpc) is 2.43. The van der Waals surface area contributed by atoms with Gasteiger partial charge in [-0.1, -0.05) is 22.0 Å². The van der Waals surface area contributed by atoms with Crippen molar-refractivity contribution in [2.45, 2.75) is 11.2 Å². The number of hydrogen-bond donors (Lipinski definition) is 1. The maximum absolute atomic E-state index is 13.0. The van der Waals surface area contributed by atoms with Crippen LogP contribution >= 0.6 is 15.9 Å². The Morgan fingerprint density at radius 3 is 3.00 bits per heavy atom. The minimum absolute atomic E-state index is 0.0433. The van der Waals surface area contributed by atoms with Gasteiger partial charge in [-0.3, -0.25) is 4.79 Å². The van der Waals surface area contributed by atoms with Gasteiger partial charge >= 0.3 is 0 Å². The number of allylic oxidation sites excluding steroid dienone is 1. The molecular formula is C11H9BrFNO. The zero-order valence-corrected chi connectivity index (χ0v) is 9.42. The van der Waals surface area contributed by atoms with E-state index in [4.69, 9.17) is 5.73 Å². The quantitative estimate of drug-likeness (QED) is 0.615. The van der Waals surface area contributed by atoms with E-state index >= 15 is 0 Å². The fourth-order valence-corrected chi connectivity index (χ4v) is 2.52. The Morgan fingerprint density at radius 1 is 1.60 bits per heavy atom. The van der Waals surface area contributed by atoms with Gasteiger partial charge in [0.05, 0.1) is 0 Å². The molecule has 1 atom stereocenters. The number of fused-ring (bicyclic) bond motifs is 1. The van der Waals surface area contributed by atoms with Gasteiger partial charge in [0.2, 0.25) is 5.91 Å². The maximum atomic E-state index is 13.0. The van der Waals surface area contributed by atoms with Gasteiger partial charge in [-0.15, -0.1) is 0 Å². The van der Waals surface area contributed by atoms with E-state index in [0.29, 0.717) is 0 Å². The molecule has 0 radical (unpaired) electrons. The van der Waals surface area contributed by atoms with Gasteiger partial charge in [0.1, 0.15) is 5.82 Å². The van der Waals surface area contributed by atoms with E-state index in [2.05, 4.69) is 15.9 Å². The maximum Gasteiger partial charge on any atom is 0.241 e. The third kappa shape index (κ3) is 1.95. The van der Waals surface area contributed by atoms with Gasteiger partial charge in [0.15, 0.2) is 0 Å². The second-order valence-corrected chi connectivity index (χ2v) is 4.58. The molecule has 2 N–H and O–H groups in total. The summed E-state index contributed by atoms with van der Waals surface area (Å²) < 4.78 is 13.0. The summed E-state index contributed by atoms with van der Waals surface area (Å²) in [6.07, 6.45) is 2.11. The second-order valence-electron chi connectivity index (χ2n) is 3.48. The van der Waals surface area contributed by atoms with Crippen molar-refractivity contribution >= 4 is 27.4 Å². The molecule has 1 aliphatic carbocycles. The molecule has 1 aromatic carbocycles. The lowest BCUT2D eigenvalue weighted by Gasteiger charge is -2.02. The van der Waals surface area contributed by atoms with Crippen LogP contribution in [0.4, 0.5) is 4.39 Å². The average molecular weight is 270 g/mol. The molecule has 2 rings (SSSR count). The van der Waals surface area contributed by atoms with E-state index < -0.39 is 5.91 Å². The first kappa shape index (κ1) is 10.4. The van der Waals surface area contributed by atoms with E-state index in [1.165, 1.54) is 18.2 Å². The highest BCUT2D eigenvalue weighted by Crippen LogP contribution is 2.36. The number of carbonyl (C=O) groups is 1. The van der Waals surface area contributed by atoms with Crippen LogP contribution in [0.25, 0.3) is 5.57 Å². The number of nitrogens with two attached hydrogens (primary N) is 1. The smallest absolute Gasteiger partial charge is 0.241 e. The van der Waals surface area contributed by atoms with Crippen LogP contribution in [0.3, 0.4) is 0 Å². The summed E-state index contributed by atoms with van der Waals surface area (Å²) in [6, 6.07) is 4.60. The summed E-state index contributed by atoms with van der Waals surface area (Å²) in [5.41, 5.74) is 7.67. The Bertz CT molecular complexity index is 456. The van der Waals surface area contributed by atoms with Crippen molar-refractivity contribution in [2.75, 3.05) is 0 Å². The lowest BCUT2D eigenvalue weighted by molar-refractivity contribution is -0.113. The Morgan fingerprint density at radius 2 is 2.33 bits per heavy atom. The Labute approximate surface area is 95.1 Å². The van der Waals surface area contributed by atoms with Crippen LogP contribution in [0.1, 0.15) is 11.1 Å². The van der Waals surface area contributed by atoms with Crippen molar-refractivity contribution in [3.8, 4) is 0 Å². The SMILES string of the molecule is NC(=O)C=C1c2cc(F)ccc2CC1Br. The molecule has 0 aliphatic heterocycles. The van der Waals surface area contributed by atoms with Gasteiger partial charge in [0, 0.05) is 10.9 Å². The van der Waals surface area contributed by atoms with E-state index in [1.807, 2.05) is 0 Å². The first-order chi connectivity index (χ1) is 7.08. The first-order valence-corrected chi connectivity index (χ1v) is 5.43. The van der Waals surface area contributed by atoms with E-state index in [1.54, 1.807) is 6.07 Å². The van der Waals surface area contributed by atoms with E-state index in [0.717, 1.165) is 23.1 Å². The molecule has 78 valence electrons. The molecular weight excluding hydrogens is 261 g/mol. The first-order valence-electron chi connectivity index (χ1n) is 4.52. The van der Waals surface area contributed by atoms with Crippen molar-refractivity contribution in [2.24, 2.45) is 5.73 Å². The molecule has 15 heavy (non-hydrogen) atoms. The van der Waals surface area contributed by atoms with Crippen LogP contribution in [0.2, 0.25) is 0 Å². The fourth-order valence-electron chi connectivity index (χ4n) is 1.79. The van der Waals surface area contributed by atoms with E-state index in [-0.39, 0.29) is 10.6 Å². The summed E-state index contributed by atoms with van der Waals surface area (Å²) in [4.78, 5) is 10.9. The van der Waals surface area contributed by atoms with Gasteiger partial charge < -0.3 is 5.73 Å². The molecule has 4 heteroatoms. The largest absolute Gasteiger partial charge is 0.366 e. The standard InChI is InChI=1S/C11H9BrFNO/c12-10-3-6-1-2-7(13)4-8(6)9(10)5-11(14)15/h1-2,4-5,10H,3H2,(H2,14,15). The number of alkyl halides is 1. The number of carbonyl (C=O) groups excluding carboxylic acids is 1. The zero-order chi connectivity index (χ0) is 11.0. The predicted molar refractivity (Wildman–Crippen MR) is 60.0 cm³/mol. The Balaban J connectivity index is 2.53. The van der Waals surface area contributed by atoms with Crippen molar-refractivity contribution in [3.63, 3.8) is 0 Å². The molecule has 0 bridgehead atoms. The lowest BCUT2D eigenvalue weighted by atomic mass is 10.1. The fraction of sp³-hybridized carbons (Fsp3) is 0.182. The van der Waals surface area contributed by atoms with Crippen LogP contribution in [-0.4, -0.2) is 10.7 Å². The minimum Gasteiger partial charge on any atom is -0.366 e. The molecule has 0 saturated heterocycles. The highest BCUT2D eigenvalue weighted by atomic mass is 79.9. The second kappa shape index (κ2) is 3.77. The van der Waals surface area contributed by atoms with Gasteiger partial charge in [0.25, 0.3) is 0 Å². The van der Waals surface area contributed by atoms with Crippen LogP contribution in [0.5, 0.6) is 0 Å². The minimum atomic E-state index is -0.508. The Kier molecular flexibility index (Phi) is 2.61. The van der Waals surface area contributed by atoms with Crippen LogP contribution in [0.15, 0.2) is 24.3 Å². The van der Waals surface area contributed by atoms with E-state index in [9.17, 15) is 9.18 Å². The van der Waals surface area contributed by atoms with Crippen molar-refractivity contribution in [3.05, 3.63) is 41.2 Å². The molecule has 1 unspecified atom stereocenters.